The van der Waals surface area contributed by atoms with Gasteiger partial charge in [-0.1, -0.05) is 60.7 Å². The van der Waals surface area contributed by atoms with Crippen molar-refractivity contribution >= 4 is 35.6 Å². The monoisotopic (exact) mass is 650 g/mol. The molecule has 47 heavy (non-hydrogen) atoms. The van der Waals surface area contributed by atoms with Crippen LogP contribution in [0.25, 0.3) is 16.5 Å². The zero-order chi connectivity index (χ0) is 32.9. The molecule has 5 aromatic rings. The van der Waals surface area contributed by atoms with Crippen LogP contribution in [0.2, 0.25) is 18.6 Å². The minimum absolute atomic E-state index is 0.00550. The van der Waals surface area contributed by atoms with E-state index in [1.165, 1.54) is 9.87 Å². The fourth-order valence-electron chi connectivity index (χ4n) is 7.73. The van der Waals surface area contributed by atoms with Gasteiger partial charge in [0.05, 0.1) is 44.3 Å². The Morgan fingerprint density at radius 3 is 2.64 bits per heavy atom. The van der Waals surface area contributed by atoms with Crippen molar-refractivity contribution in [2.45, 2.75) is 56.7 Å². The van der Waals surface area contributed by atoms with Crippen molar-refractivity contribution in [2.24, 2.45) is 5.92 Å². The first kappa shape index (κ1) is 31.0. The summed E-state index contributed by atoms with van der Waals surface area (Å²) in [5, 5.41) is 28.0. The SMILES string of the molecule is COc1ccc([Si](C)(C)[C@H]2[C@H](CCn3cc(CCO)nn3)O[C@@]3(C(=O)Nc4ccc(-n5ncc6ccccc6c5=O)cc43)[C@@H]2C)cc1. The van der Waals surface area contributed by atoms with Crippen LogP contribution >= 0.6 is 0 Å². The zero-order valence-electron chi connectivity index (χ0n) is 26.9. The number of methoxy groups -OCH3 is 1. The maximum absolute atomic E-state index is 14.2. The third-order valence-corrected chi connectivity index (χ3v) is 14.5. The maximum Gasteiger partial charge on any atom is 0.279 e. The molecule has 2 N–H and O–H groups in total. The first-order valence-corrected chi connectivity index (χ1v) is 19.0. The van der Waals surface area contributed by atoms with Crippen molar-refractivity contribution in [3.63, 3.8) is 0 Å². The average molecular weight is 651 g/mol. The number of amides is 1. The molecule has 7 rings (SSSR count). The lowest BCUT2D eigenvalue weighted by molar-refractivity contribution is -0.143. The standard InChI is InChI=1S/C35H38N6O5Si/c1-22-32(47(3,4)27-12-10-26(45-2)11-13-27)31(15-17-40-21-24(16-18-42)38-39-40)46-35(22)29-19-25(9-14-30(29)37-34(35)44)41-33(43)28-8-6-5-7-23(28)20-36-41/h5-14,19-22,31-32,42H,15-18H2,1-4H3,(H,37,44)/t22-,31+,32-,35+/m1/s1. The van der Waals surface area contributed by atoms with Gasteiger partial charge in [-0.2, -0.15) is 9.78 Å². The number of aliphatic hydroxyl groups excluding tert-OH is 1. The van der Waals surface area contributed by atoms with Crippen molar-refractivity contribution in [1.29, 1.82) is 0 Å². The number of carbonyl (C=O) groups is 1. The molecule has 1 fully saturated rings. The van der Waals surface area contributed by atoms with Crippen molar-refractivity contribution < 1.29 is 19.4 Å². The highest BCUT2D eigenvalue weighted by Crippen LogP contribution is 2.58. The van der Waals surface area contributed by atoms with Crippen LogP contribution in [0.5, 0.6) is 5.75 Å². The fourth-order valence-corrected chi connectivity index (χ4v) is 11.8. The van der Waals surface area contributed by atoms with Crippen LogP contribution in [-0.4, -0.2) is 63.7 Å². The van der Waals surface area contributed by atoms with E-state index < -0.39 is 13.7 Å². The third-order valence-electron chi connectivity index (χ3n) is 10.1. The summed E-state index contributed by atoms with van der Waals surface area (Å²) < 4.78 is 15.7. The van der Waals surface area contributed by atoms with E-state index in [1.54, 1.807) is 30.1 Å². The van der Waals surface area contributed by atoms with Crippen LogP contribution in [0.1, 0.15) is 24.6 Å². The molecule has 12 heteroatoms. The van der Waals surface area contributed by atoms with Gasteiger partial charge in [-0.25, -0.2) is 0 Å². The highest BCUT2D eigenvalue weighted by molar-refractivity contribution is 6.91. The third kappa shape index (κ3) is 5.07. The predicted molar refractivity (Wildman–Crippen MR) is 181 cm³/mol. The van der Waals surface area contributed by atoms with Gasteiger partial charge >= 0.3 is 0 Å². The topological polar surface area (TPSA) is 133 Å². The molecule has 2 aromatic heterocycles. The number of hydrogen-bond acceptors (Lipinski definition) is 8. The molecule has 2 aliphatic rings. The molecule has 4 atom stereocenters. The predicted octanol–water partition coefficient (Wildman–Crippen LogP) is 3.78. The van der Waals surface area contributed by atoms with Crippen LogP contribution in [0, 0.1) is 5.92 Å². The van der Waals surface area contributed by atoms with Crippen molar-refractivity contribution in [3.8, 4) is 11.4 Å². The molecule has 0 bridgehead atoms. The summed E-state index contributed by atoms with van der Waals surface area (Å²) in [4.78, 5) is 27.7. The summed E-state index contributed by atoms with van der Waals surface area (Å²) >= 11 is 0. The van der Waals surface area contributed by atoms with Gasteiger partial charge in [-0.05, 0) is 48.4 Å². The lowest BCUT2D eigenvalue weighted by atomic mass is 9.82. The van der Waals surface area contributed by atoms with E-state index in [-0.39, 0.29) is 35.6 Å². The largest absolute Gasteiger partial charge is 0.497 e. The Labute approximate surface area is 273 Å². The molecule has 242 valence electrons. The number of nitrogens with zero attached hydrogens (tertiary/aromatic N) is 5. The number of hydrogen-bond donors (Lipinski definition) is 2. The lowest BCUT2D eigenvalue weighted by Crippen LogP contribution is -2.51. The normalized spacial score (nSPS) is 22.1. The van der Waals surface area contributed by atoms with Crippen LogP contribution in [0.15, 0.2) is 83.9 Å². The van der Waals surface area contributed by atoms with E-state index in [0.29, 0.717) is 41.7 Å². The maximum atomic E-state index is 14.2. The molecule has 1 amide bonds. The number of carbonyl (C=O) groups excluding carboxylic acids is 1. The van der Waals surface area contributed by atoms with Crippen LogP contribution in [0.4, 0.5) is 5.69 Å². The lowest BCUT2D eigenvalue weighted by Gasteiger charge is -2.37. The first-order chi connectivity index (χ1) is 22.7. The smallest absolute Gasteiger partial charge is 0.279 e. The highest BCUT2D eigenvalue weighted by Gasteiger charge is 2.64. The number of anilines is 1. The summed E-state index contributed by atoms with van der Waals surface area (Å²) in [6.45, 7) is 7.34. The molecule has 0 aliphatic carbocycles. The summed E-state index contributed by atoms with van der Waals surface area (Å²) in [5.41, 5.74) is 1.23. The Balaban J connectivity index is 1.31. The van der Waals surface area contributed by atoms with Gasteiger partial charge < -0.3 is 19.9 Å². The van der Waals surface area contributed by atoms with Crippen LogP contribution < -0.4 is 20.8 Å². The van der Waals surface area contributed by atoms with E-state index in [2.05, 4.69) is 52.9 Å². The zero-order valence-corrected chi connectivity index (χ0v) is 27.9. The van der Waals surface area contributed by atoms with Gasteiger partial charge in [-0.15, -0.1) is 5.10 Å². The number of aliphatic hydroxyl groups is 1. The quantitative estimate of drug-likeness (QED) is 0.231. The molecule has 2 aliphatic heterocycles. The second kappa shape index (κ2) is 11.9. The first-order valence-electron chi connectivity index (χ1n) is 15.9. The number of aryl methyl sites for hydroxylation is 1. The van der Waals surface area contributed by atoms with Gasteiger partial charge in [-0.3, -0.25) is 14.3 Å². The van der Waals surface area contributed by atoms with Gasteiger partial charge in [0.1, 0.15) is 5.75 Å². The molecule has 4 heterocycles. The Morgan fingerprint density at radius 1 is 1.09 bits per heavy atom. The molecule has 0 unspecified atom stereocenters. The van der Waals surface area contributed by atoms with E-state index in [9.17, 15) is 14.7 Å². The Hall–Kier alpha value is -4.65. The molecule has 1 saturated heterocycles. The number of fused-ring (bicyclic) bond motifs is 3. The van der Waals surface area contributed by atoms with Crippen molar-refractivity contribution in [2.75, 3.05) is 19.0 Å². The summed E-state index contributed by atoms with van der Waals surface area (Å²) in [5.74, 6) is 0.394. The fraction of sp³-hybridized carbons (Fsp3) is 0.343. The van der Waals surface area contributed by atoms with E-state index >= 15 is 0 Å². The second-order valence-electron chi connectivity index (χ2n) is 13.0. The molecule has 11 nitrogen and oxygen atoms in total. The number of rotatable bonds is 9. The minimum Gasteiger partial charge on any atom is -0.497 e. The molecular formula is C35H38N6O5Si. The van der Waals surface area contributed by atoms with Gasteiger partial charge in [0.15, 0.2) is 5.60 Å². The van der Waals surface area contributed by atoms with E-state index in [0.717, 1.165) is 16.8 Å². The molecule has 3 aromatic carbocycles. The number of benzene rings is 3. The molecule has 0 radical (unpaired) electrons. The summed E-state index contributed by atoms with van der Waals surface area (Å²) in [7, 11) is -0.663. The molecular weight excluding hydrogens is 613 g/mol. The van der Waals surface area contributed by atoms with Crippen molar-refractivity contribution in [3.05, 3.63) is 101 Å². The van der Waals surface area contributed by atoms with Crippen LogP contribution in [-0.2, 0) is 28.1 Å². The Morgan fingerprint density at radius 2 is 1.87 bits per heavy atom. The Kier molecular flexibility index (Phi) is 7.81. The van der Waals surface area contributed by atoms with Gasteiger partial charge in [0.2, 0.25) is 0 Å². The second-order valence-corrected chi connectivity index (χ2v) is 17.7. The Bertz CT molecular complexity index is 2030. The number of aromatic nitrogens is 5. The molecule has 1 spiro atoms. The number of nitrogens with one attached hydrogen (secondary N) is 1. The summed E-state index contributed by atoms with van der Waals surface area (Å²) in [6.07, 6.45) is 4.31. The van der Waals surface area contributed by atoms with E-state index in [4.69, 9.17) is 9.47 Å². The van der Waals surface area contributed by atoms with Gasteiger partial charge in [0.25, 0.3) is 11.5 Å². The summed E-state index contributed by atoms with van der Waals surface area (Å²) in [6, 6.07) is 21.2. The molecule has 0 saturated carbocycles. The van der Waals surface area contributed by atoms with Gasteiger partial charge in [0, 0.05) is 48.3 Å². The van der Waals surface area contributed by atoms with Crippen molar-refractivity contribution in [1.82, 2.24) is 24.8 Å². The average Bonchev–Trinajstić information content (AvgIpc) is 3.74. The minimum atomic E-state index is -2.32. The highest BCUT2D eigenvalue weighted by atomic mass is 28.3. The van der Waals surface area contributed by atoms with Crippen LogP contribution in [0.3, 0.4) is 0 Å². The number of ether oxygens (including phenoxy) is 2. The van der Waals surface area contributed by atoms with E-state index in [1.807, 2.05) is 48.7 Å².